The Morgan fingerprint density at radius 2 is 1.60 bits per heavy atom. The molecule has 0 unspecified atom stereocenters. The fraction of sp³-hybridized carbons (Fsp3) is 0.459. The SMILES string of the molecule is COCCCN1CCOc2ccc(CO[C@H]3CN(C(=O)OCc4ccccc4)C[C@@H](OCC(=O)COC)[C@@H]3c3ccc(OC)cc3)cc21. The molecule has 0 spiro atoms. The summed E-state index contributed by atoms with van der Waals surface area (Å²) in [5.41, 5.74) is 3.83. The Bertz CT molecular complexity index is 1450. The van der Waals surface area contributed by atoms with Crippen LogP contribution in [0.4, 0.5) is 10.5 Å². The van der Waals surface area contributed by atoms with Gasteiger partial charge in [0, 0.05) is 33.3 Å². The predicted octanol–water partition coefficient (Wildman–Crippen LogP) is 4.85. The Morgan fingerprint density at radius 1 is 0.833 bits per heavy atom. The number of ketones is 1. The van der Waals surface area contributed by atoms with Gasteiger partial charge >= 0.3 is 6.09 Å². The van der Waals surface area contributed by atoms with Gasteiger partial charge < -0.3 is 43.0 Å². The van der Waals surface area contributed by atoms with E-state index in [4.69, 9.17) is 33.2 Å². The number of benzene rings is 3. The highest BCUT2D eigenvalue weighted by Gasteiger charge is 2.42. The molecule has 3 atom stereocenters. The van der Waals surface area contributed by atoms with Crippen molar-refractivity contribution in [2.24, 2.45) is 0 Å². The molecule has 0 radical (unpaired) electrons. The number of carbonyl (C=O) groups is 2. The molecular formula is C37H46N2O9. The van der Waals surface area contributed by atoms with Crippen molar-refractivity contribution < 1.29 is 42.7 Å². The summed E-state index contributed by atoms with van der Waals surface area (Å²) in [4.78, 5) is 29.9. The Hall–Kier alpha value is -4.16. The van der Waals surface area contributed by atoms with E-state index in [-0.39, 0.29) is 44.6 Å². The van der Waals surface area contributed by atoms with Crippen molar-refractivity contribution in [3.8, 4) is 11.5 Å². The lowest BCUT2D eigenvalue weighted by atomic mass is 9.84. The quantitative estimate of drug-likeness (QED) is 0.198. The minimum absolute atomic E-state index is 0.0623. The van der Waals surface area contributed by atoms with Gasteiger partial charge in [-0.15, -0.1) is 0 Å². The lowest BCUT2D eigenvalue weighted by Gasteiger charge is -2.43. The molecule has 11 nitrogen and oxygen atoms in total. The second-order valence-corrected chi connectivity index (χ2v) is 11.9. The van der Waals surface area contributed by atoms with Crippen LogP contribution < -0.4 is 14.4 Å². The second kappa shape index (κ2) is 17.8. The van der Waals surface area contributed by atoms with Gasteiger partial charge in [-0.1, -0.05) is 48.5 Å². The second-order valence-electron chi connectivity index (χ2n) is 11.9. The number of piperidine rings is 1. The van der Waals surface area contributed by atoms with Crippen LogP contribution in [0.3, 0.4) is 0 Å². The zero-order valence-corrected chi connectivity index (χ0v) is 28.0. The van der Waals surface area contributed by atoms with Gasteiger partial charge in [0.15, 0.2) is 5.78 Å². The highest BCUT2D eigenvalue weighted by molar-refractivity contribution is 5.80. The number of anilines is 1. The number of nitrogens with zero attached hydrogens (tertiary/aromatic N) is 2. The summed E-state index contributed by atoms with van der Waals surface area (Å²) in [7, 11) is 4.80. The first-order valence-corrected chi connectivity index (χ1v) is 16.3. The maximum Gasteiger partial charge on any atom is 0.410 e. The molecule has 3 aromatic carbocycles. The van der Waals surface area contributed by atoms with Gasteiger partial charge in [0.25, 0.3) is 0 Å². The third-order valence-electron chi connectivity index (χ3n) is 8.55. The predicted molar refractivity (Wildman–Crippen MR) is 180 cm³/mol. The van der Waals surface area contributed by atoms with Gasteiger partial charge in [0.1, 0.15) is 37.9 Å². The molecule has 1 fully saturated rings. The first kappa shape index (κ1) is 35.2. The molecule has 48 heavy (non-hydrogen) atoms. The standard InChI is InChI=1S/C37H46N2O9/c1-42-18-7-16-38-17-19-45-33-15-10-28(20-32(33)38)24-46-34-21-39(37(41)48-23-27-8-5-4-6-9-27)22-35(47-26-30(40)25-43-2)36(34)29-11-13-31(44-3)14-12-29/h4-6,8-15,20,34-36H,7,16-19,21-26H2,1-3H3/t34-,35+,36+/m0/s1. The number of hydrogen-bond donors (Lipinski definition) is 0. The van der Waals surface area contributed by atoms with E-state index in [0.29, 0.717) is 19.8 Å². The molecular weight excluding hydrogens is 616 g/mol. The van der Waals surface area contributed by atoms with Crippen LogP contribution in [0, 0.1) is 0 Å². The van der Waals surface area contributed by atoms with Gasteiger partial charge in [-0.25, -0.2) is 4.79 Å². The number of amides is 1. The number of ether oxygens (including phenoxy) is 7. The summed E-state index contributed by atoms with van der Waals surface area (Å²) < 4.78 is 40.3. The molecule has 2 heterocycles. The van der Waals surface area contributed by atoms with Crippen molar-refractivity contribution in [1.29, 1.82) is 0 Å². The Kier molecular flexibility index (Phi) is 13.1. The number of rotatable bonds is 16. The summed E-state index contributed by atoms with van der Waals surface area (Å²) in [6.45, 7) is 3.67. The summed E-state index contributed by atoms with van der Waals surface area (Å²) >= 11 is 0. The molecule has 2 aliphatic rings. The Labute approximate surface area is 282 Å². The van der Waals surface area contributed by atoms with Crippen molar-refractivity contribution >= 4 is 17.6 Å². The maximum absolute atomic E-state index is 13.5. The highest BCUT2D eigenvalue weighted by Crippen LogP contribution is 2.36. The molecule has 0 aliphatic carbocycles. The summed E-state index contributed by atoms with van der Waals surface area (Å²) in [6, 6.07) is 23.4. The lowest BCUT2D eigenvalue weighted by molar-refractivity contribution is -0.135. The first-order valence-electron chi connectivity index (χ1n) is 16.3. The van der Waals surface area contributed by atoms with Gasteiger partial charge in [-0.3, -0.25) is 4.79 Å². The van der Waals surface area contributed by atoms with Gasteiger partial charge in [0.2, 0.25) is 0 Å². The Morgan fingerprint density at radius 3 is 2.33 bits per heavy atom. The molecule has 5 rings (SSSR count). The largest absolute Gasteiger partial charge is 0.497 e. The van der Waals surface area contributed by atoms with Crippen molar-refractivity contribution in [3.63, 3.8) is 0 Å². The van der Waals surface area contributed by atoms with Crippen LogP contribution in [0.2, 0.25) is 0 Å². The molecule has 2 aliphatic heterocycles. The van der Waals surface area contributed by atoms with Crippen LogP contribution in [-0.2, 0) is 41.7 Å². The normalized spacial score (nSPS) is 18.9. The van der Waals surface area contributed by atoms with Crippen molar-refractivity contribution in [3.05, 3.63) is 89.5 Å². The number of fused-ring (bicyclic) bond motifs is 1. The fourth-order valence-electron chi connectivity index (χ4n) is 6.15. The molecule has 258 valence electrons. The molecule has 1 amide bonds. The minimum Gasteiger partial charge on any atom is -0.497 e. The van der Waals surface area contributed by atoms with Crippen LogP contribution in [0.5, 0.6) is 11.5 Å². The number of likely N-dealkylation sites (tertiary alicyclic amines) is 1. The van der Waals surface area contributed by atoms with E-state index in [1.165, 1.54) is 7.11 Å². The topological polar surface area (TPSA) is 105 Å². The molecule has 0 bridgehead atoms. The minimum atomic E-state index is -0.560. The molecule has 3 aromatic rings. The first-order chi connectivity index (χ1) is 23.5. The van der Waals surface area contributed by atoms with Crippen LogP contribution >= 0.6 is 0 Å². The van der Waals surface area contributed by atoms with E-state index in [9.17, 15) is 9.59 Å². The third-order valence-corrected chi connectivity index (χ3v) is 8.55. The molecule has 11 heteroatoms. The van der Waals surface area contributed by atoms with E-state index in [0.717, 1.165) is 53.4 Å². The van der Waals surface area contributed by atoms with Crippen LogP contribution in [0.15, 0.2) is 72.8 Å². The lowest BCUT2D eigenvalue weighted by Crippen LogP contribution is -2.55. The molecule has 0 saturated carbocycles. The fourth-order valence-corrected chi connectivity index (χ4v) is 6.15. The molecule has 0 aromatic heterocycles. The monoisotopic (exact) mass is 662 g/mol. The van der Waals surface area contributed by atoms with Crippen molar-refractivity contribution in [2.45, 2.75) is 37.8 Å². The average molecular weight is 663 g/mol. The van der Waals surface area contributed by atoms with E-state index in [1.54, 1.807) is 19.1 Å². The number of Topliss-reactive ketones (excluding diaryl/α,β-unsaturated/α-hetero) is 1. The zero-order valence-electron chi connectivity index (χ0n) is 28.0. The van der Waals surface area contributed by atoms with Crippen LogP contribution in [-0.4, -0.2) is 103 Å². The van der Waals surface area contributed by atoms with E-state index < -0.39 is 18.3 Å². The van der Waals surface area contributed by atoms with Crippen LogP contribution in [0.25, 0.3) is 0 Å². The maximum atomic E-state index is 13.5. The van der Waals surface area contributed by atoms with E-state index in [1.807, 2.05) is 66.7 Å². The summed E-state index contributed by atoms with van der Waals surface area (Å²) in [5.74, 6) is 1.07. The number of carbonyl (C=O) groups excluding carboxylic acids is 2. The highest BCUT2D eigenvalue weighted by atomic mass is 16.6. The molecule has 1 saturated heterocycles. The zero-order chi connectivity index (χ0) is 33.7. The average Bonchev–Trinajstić information content (AvgIpc) is 3.12. The van der Waals surface area contributed by atoms with E-state index in [2.05, 4.69) is 11.0 Å². The van der Waals surface area contributed by atoms with Crippen molar-refractivity contribution in [2.75, 3.05) is 78.8 Å². The van der Waals surface area contributed by atoms with Crippen LogP contribution in [0.1, 0.15) is 29.0 Å². The third kappa shape index (κ3) is 9.47. The summed E-state index contributed by atoms with van der Waals surface area (Å²) in [6.07, 6.45) is -0.609. The smallest absolute Gasteiger partial charge is 0.410 e. The van der Waals surface area contributed by atoms with Crippen molar-refractivity contribution in [1.82, 2.24) is 4.90 Å². The van der Waals surface area contributed by atoms with Gasteiger partial charge in [-0.05, 0) is 47.4 Å². The molecule has 0 N–H and O–H groups in total. The number of methoxy groups -OCH3 is 3. The number of hydrogen-bond acceptors (Lipinski definition) is 10. The summed E-state index contributed by atoms with van der Waals surface area (Å²) in [5, 5.41) is 0. The van der Waals surface area contributed by atoms with E-state index >= 15 is 0 Å². The Balaban J connectivity index is 1.39. The van der Waals surface area contributed by atoms with Gasteiger partial charge in [-0.2, -0.15) is 0 Å². The van der Waals surface area contributed by atoms with Gasteiger partial charge in [0.05, 0.1) is 51.2 Å².